The normalized spacial score (nSPS) is 14.3. The van der Waals surface area contributed by atoms with Gasteiger partial charge >= 0.3 is 0 Å². The quantitative estimate of drug-likeness (QED) is 0.527. The molecule has 0 radical (unpaired) electrons. The van der Waals surface area contributed by atoms with Crippen LogP contribution in [0.1, 0.15) is 32.1 Å². The van der Waals surface area contributed by atoms with Gasteiger partial charge in [0, 0.05) is 24.3 Å². The molecule has 31 heavy (non-hydrogen) atoms. The predicted octanol–water partition coefficient (Wildman–Crippen LogP) is 4.50. The highest BCUT2D eigenvalue weighted by Gasteiger charge is 2.36. The molecule has 0 amide bonds. The van der Waals surface area contributed by atoms with E-state index in [2.05, 4.69) is 0 Å². The Kier molecular flexibility index (Phi) is 8.14. The van der Waals surface area contributed by atoms with Gasteiger partial charge in [-0.2, -0.15) is 0 Å². The zero-order valence-corrected chi connectivity index (χ0v) is 20.2. The number of ether oxygens (including phenoxy) is 6. The largest absolute Gasteiger partial charge is 0.496 e. The number of rotatable bonds is 9. The van der Waals surface area contributed by atoms with Crippen LogP contribution in [0.3, 0.4) is 0 Å². The maximum atomic E-state index is 5.87. The van der Waals surface area contributed by atoms with E-state index in [-0.39, 0.29) is 0 Å². The molecular weight excluding hydrogens is 415 g/mol. The lowest BCUT2D eigenvalue weighted by Crippen LogP contribution is -2.27. The van der Waals surface area contributed by atoms with E-state index < -0.39 is 7.92 Å². The molecule has 7 heteroatoms. The van der Waals surface area contributed by atoms with E-state index in [0.717, 1.165) is 46.4 Å². The lowest BCUT2D eigenvalue weighted by molar-refractivity contribution is 0.378. The van der Waals surface area contributed by atoms with Gasteiger partial charge in [-0.15, -0.1) is 0 Å². The highest BCUT2D eigenvalue weighted by molar-refractivity contribution is 7.74. The van der Waals surface area contributed by atoms with Gasteiger partial charge in [0.05, 0.1) is 53.3 Å². The second-order valence-corrected chi connectivity index (χ2v) is 9.79. The van der Waals surface area contributed by atoms with E-state index >= 15 is 0 Å². The molecule has 3 rings (SSSR count). The van der Waals surface area contributed by atoms with Gasteiger partial charge in [0.2, 0.25) is 0 Å². The minimum absolute atomic E-state index is 0.455. The lowest BCUT2D eigenvalue weighted by atomic mass is 10.0. The molecule has 1 aliphatic carbocycles. The Balaban J connectivity index is 2.32. The number of hydrogen-bond acceptors (Lipinski definition) is 6. The molecule has 0 heterocycles. The summed E-state index contributed by atoms with van der Waals surface area (Å²) in [5.74, 6) is 4.43. The average molecular weight is 448 g/mol. The van der Waals surface area contributed by atoms with Crippen molar-refractivity contribution in [2.24, 2.45) is 0 Å². The summed E-state index contributed by atoms with van der Waals surface area (Å²) >= 11 is 0. The smallest absolute Gasteiger partial charge is 0.134 e. The second kappa shape index (κ2) is 10.8. The van der Waals surface area contributed by atoms with Crippen LogP contribution in [0.4, 0.5) is 0 Å². The molecule has 0 saturated heterocycles. The van der Waals surface area contributed by atoms with Gasteiger partial charge in [-0.05, 0) is 26.4 Å². The third-order valence-corrected chi connectivity index (χ3v) is 8.89. The van der Waals surface area contributed by atoms with E-state index in [1.54, 1.807) is 42.7 Å². The fourth-order valence-corrected chi connectivity index (χ4v) is 7.67. The van der Waals surface area contributed by atoms with Crippen LogP contribution in [0.15, 0.2) is 24.3 Å². The fraction of sp³-hybridized carbons (Fsp3) is 0.500. The Hall–Kier alpha value is -2.33. The van der Waals surface area contributed by atoms with Crippen LogP contribution < -0.4 is 39.0 Å². The highest BCUT2D eigenvalue weighted by atomic mass is 31.1. The Labute approximate surface area is 186 Å². The predicted molar refractivity (Wildman–Crippen MR) is 125 cm³/mol. The van der Waals surface area contributed by atoms with Crippen LogP contribution in [0, 0.1) is 0 Å². The molecule has 0 aliphatic heterocycles. The molecule has 0 atom stereocenters. The molecule has 1 fully saturated rings. The van der Waals surface area contributed by atoms with Gasteiger partial charge in [0.15, 0.2) is 0 Å². The van der Waals surface area contributed by atoms with Gasteiger partial charge in [-0.25, -0.2) is 0 Å². The van der Waals surface area contributed by atoms with Crippen molar-refractivity contribution in [3.63, 3.8) is 0 Å². The molecule has 1 aliphatic rings. The van der Waals surface area contributed by atoms with Crippen LogP contribution in [0.25, 0.3) is 0 Å². The number of benzene rings is 2. The standard InChI is InChI=1S/C24H33O6P/c1-25-16-12-19(27-3)23(20(13-16)28-4)31(18-10-8-7-9-11-18)24-21(29-5)14-17(26-2)15-22(24)30-6/h12-15,18H,7-11H2,1-6H3. The zero-order valence-electron chi connectivity index (χ0n) is 19.3. The molecular formula is C24H33O6P. The topological polar surface area (TPSA) is 55.4 Å². The summed E-state index contributed by atoms with van der Waals surface area (Å²) in [4.78, 5) is 0. The molecule has 1 saturated carbocycles. The summed E-state index contributed by atoms with van der Waals surface area (Å²) in [6.45, 7) is 0. The molecule has 0 aromatic heterocycles. The third-order valence-electron chi connectivity index (χ3n) is 5.80. The highest BCUT2D eigenvalue weighted by Crippen LogP contribution is 2.54. The summed E-state index contributed by atoms with van der Waals surface area (Å²) in [5, 5.41) is 2.10. The van der Waals surface area contributed by atoms with Crippen molar-refractivity contribution in [1.82, 2.24) is 0 Å². The van der Waals surface area contributed by atoms with E-state index in [4.69, 9.17) is 28.4 Å². The summed E-state index contributed by atoms with van der Waals surface area (Å²) < 4.78 is 34.4. The summed E-state index contributed by atoms with van der Waals surface area (Å²) in [7, 11) is 9.13. The Morgan fingerprint density at radius 2 is 0.903 bits per heavy atom. The van der Waals surface area contributed by atoms with Crippen molar-refractivity contribution in [2.45, 2.75) is 37.8 Å². The number of methoxy groups -OCH3 is 6. The van der Waals surface area contributed by atoms with Gasteiger partial charge < -0.3 is 28.4 Å². The Morgan fingerprint density at radius 1 is 0.548 bits per heavy atom. The first-order valence-corrected chi connectivity index (χ1v) is 11.9. The minimum Gasteiger partial charge on any atom is -0.496 e. The SMILES string of the molecule is COc1cc(OC)c(P(c2c(OC)cc(OC)cc2OC)C2CCCCC2)c(OC)c1. The van der Waals surface area contributed by atoms with Crippen LogP contribution in [0.5, 0.6) is 34.5 Å². The third kappa shape index (κ3) is 4.79. The van der Waals surface area contributed by atoms with Gasteiger partial charge in [0.25, 0.3) is 0 Å². The monoisotopic (exact) mass is 448 g/mol. The average Bonchev–Trinajstić information content (AvgIpc) is 2.84. The molecule has 0 N–H and O–H groups in total. The first-order valence-electron chi connectivity index (χ1n) is 10.5. The van der Waals surface area contributed by atoms with Crippen molar-refractivity contribution in [3.05, 3.63) is 24.3 Å². The van der Waals surface area contributed by atoms with E-state index in [1.807, 2.05) is 24.3 Å². The lowest BCUT2D eigenvalue weighted by Gasteiger charge is -2.34. The minimum atomic E-state index is -0.921. The summed E-state index contributed by atoms with van der Waals surface area (Å²) in [6.07, 6.45) is 5.98. The van der Waals surface area contributed by atoms with E-state index in [9.17, 15) is 0 Å². The molecule has 6 nitrogen and oxygen atoms in total. The van der Waals surface area contributed by atoms with Crippen molar-refractivity contribution >= 4 is 18.5 Å². The fourth-order valence-electron chi connectivity index (χ4n) is 4.27. The zero-order chi connectivity index (χ0) is 22.4. The van der Waals surface area contributed by atoms with Crippen LogP contribution >= 0.6 is 7.92 Å². The van der Waals surface area contributed by atoms with E-state index in [0.29, 0.717) is 17.2 Å². The Bertz CT molecular complexity index is 765. The first kappa shape index (κ1) is 23.3. The van der Waals surface area contributed by atoms with Gasteiger partial charge in [0.1, 0.15) is 34.5 Å². The van der Waals surface area contributed by atoms with Gasteiger partial charge in [-0.3, -0.25) is 0 Å². The Morgan fingerprint density at radius 3 is 1.19 bits per heavy atom. The molecule has 170 valence electrons. The summed E-state index contributed by atoms with van der Waals surface area (Å²) in [5.41, 5.74) is 0.455. The van der Waals surface area contributed by atoms with Crippen LogP contribution in [-0.4, -0.2) is 48.3 Å². The van der Waals surface area contributed by atoms with E-state index in [1.165, 1.54) is 19.3 Å². The van der Waals surface area contributed by atoms with Crippen molar-refractivity contribution < 1.29 is 28.4 Å². The molecule has 2 aromatic rings. The maximum Gasteiger partial charge on any atom is 0.134 e. The van der Waals surface area contributed by atoms with Crippen molar-refractivity contribution in [3.8, 4) is 34.5 Å². The first-order chi connectivity index (χ1) is 15.1. The van der Waals surface area contributed by atoms with Crippen LogP contribution in [-0.2, 0) is 0 Å². The van der Waals surface area contributed by atoms with Crippen molar-refractivity contribution in [2.75, 3.05) is 42.7 Å². The molecule has 0 unspecified atom stereocenters. The number of hydrogen-bond donors (Lipinski definition) is 0. The maximum absolute atomic E-state index is 5.87. The molecule has 0 bridgehead atoms. The molecule has 2 aromatic carbocycles. The second-order valence-electron chi connectivity index (χ2n) is 7.42. The van der Waals surface area contributed by atoms with Crippen LogP contribution in [0.2, 0.25) is 0 Å². The van der Waals surface area contributed by atoms with Gasteiger partial charge in [-0.1, -0.05) is 19.3 Å². The summed E-state index contributed by atoms with van der Waals surface area (Å²) in [6, 6.07) is 7.72. The molecule has 0 spiro atoms. The van der Waals surface area contributed by atoms with Crippen molar-refractivity contribution in [1.29, 1.82) is 0 Å².